The number of hydrogen-bond donors (Lipinski definition) is 0. The van der Waals surface area contributed by atoms with Crippen LogP contribution in [0.25, 0.3) is 17.1 Å². The first kappa shape index (κ1) is 22.1. The second-order valence-electron chi connectivity index (χ2n) is 7.90. The van der Waals surface area contributed by atoms with Gasteiger partial charge in [0.2, 0.25) is 5.91 Å². The van der Waals surface area contributed by atoms with E-state index in [0.717, 1.165) is 29.8 Å². The zero-order valence-electron chi connectivity index (χ0n) is 18.2. The van der Waals surface area contributed by atoms with Crippen LogP contribution in [-0.2, 0) is 17.8 Å². The molecule has 5 rings (SSSR count). The van der Waals surface area contributed by atoms with Gasteiger partial charge in [0.25, 0.3) is 0 Å². The van der Waals surface area contributed by atoms with E-state index in [-0.39, 0.29) is 11.2 Å². The van der Waals surface area contributed by atoms with Gasteiger partial charge >= 0.3 is 0 Å². The second-order valence-corrected chi connectivity index (χ2v) is 10.6. The molecular formula is C24H22ClN5OS2. The summed E-state index contributed by atoms with van der Waals surface area (Å²) >= 11 is 9.64. The van der Waals surface area contributed by atoms with Gasteiger partial charge in [-0.15, -0.1) is 21.5 Å². The summed E-state index contributed by atoms with van der Waals surface area (Å²) in [5, 5.41) is 12.1. The van der Waals surface area contributed by atoms with Crippen molar-refractivity contribution < 1.29 is 4.79 Å². The van der Waals surface area contributed by atoms with Crippen molar-refractivity contribution in [3.8, 4) is 17.1 Å². The molecule has 0 bridgehead atoms. The van der Waals surface area contributed by atoms with Gasteiger partial charge in [-0.2, -0.15) is 0 Å². The molecule has 0 spiro atoms. The molecule has 1 aliphatic rings. The van der Waals surface area contributed by atoms with Crippen LogP contribution in [0.1, 0.15) is 22.9 Å². The lowest BCUT2D eigenvalue weighted by atomic mass is 10.1. The average molecular weight is 496 g/mol. The van der Waals surface area contributed by atoms with Crippen LogP contribution >= 0.6 is 34.7 Å². The smallest absolute Gasteiger partial charge is 0.236 e. The van der Waals surface area contributed by atoms with E-state index in [0.29, 0.717) is 22.5 Å². The van der Waals surface area contributed by atoms with Crippen LogP contribution in [-0.4, -0.2) is 42.4 Å². The fraction of sp³-hybridized carbons (Fsp3) is 0.250. The second kappa shape index (κ2) is 9.29. The maximum absolute atomic E-state index is 13.3. The van der Waals surface area contributed by atoms with Crippen molar-refractivity contribution in [3.63, 3.8) is 0 Å². The Labute approximate surface area is 205 Å². The van der Waals surface area contributed by atoms with Gasteiger partial charge in [-0.25, -0.2) is 0 Å². The Hall–Kier alpha value is -2.68. The van der Waals surface area contributed by atoms with Gasteiger partial charge in [-0.05, 0) is 67.1 Å². The Morgan fingerprint density at radius 3 is 2.82 bits per heavy atom. The standard InChI is InChI=1S/C24H22ClN5OS2/c1-15-19(25)4-3-5-20(15)30-22(17-6-10-26-11-7-17)27-28-24(30)33-16(2)23(31)29-12-8-21-18(14-29)9-13-32-21/h3-7,9-11,13,16H,8,12,14H2,1-2H3. The molecule has 9 heteroatoms. The third kappa shape index (κ3) is 4.30. The quantitative estimate of drug-likeness (QED) is 0.346. The molecule has 33 heavy (non-hydrogen) atoms. The molecule has 0 radical (unpaired) electrons. The zero-order valence-corrected chi connectivity index (χ0v) is 20.6. The Morgan fingerprint density at radius 2 is 2.00 bits per heavy atom. The van der Waals surface area contributed by atoms with E-state index in [1.165, 1.54) is 22.2 Å². The Bertz CT molecular complexity index is 1300. The average Bonchev–Trinajstić information content (AvgIpc) is 3.47. The van der Waals surface area contributed by atoms with Crippen molar-refractivity contribution >= 4 is 40.6 Å². The molecule has 0 aliphatic carbocycles. The summed E-state index contributed by atoms with van der Waals surface area (Å²) in [6, 6.07) is 11.7. The number of aromatic nitrogens is 4. The van der Waals surface area contributed by atoms with E-state index in [4.69, 9.17) is 11.6 Å². The highest BCUT2D eigenvalue weighted by molar-refractivity contribution is 8.00. The van der Waals surface area contributed by atoms with E-state index >= 15 is 0 Å². The number of nitrogens with zero attached hydrogens (tertiary/aromatic N) is 5. The monoisotopic (exact) mass is 495 g/mol. The number of amides is 1. The van der Waals surface area contributed by atoms with Gasteiger partial charge < -0.3 is 4.90 Å². The first-order valence-electron chi connectivity index (χ1n) is 10.6. The highest BCUT2D eigenvalue weighted by atomic mass is 35.5. The fourth-order valence-corrected chi connectivity index (χ4v) is 6.00. The van der Waals surface area contributed by atoms with Crippen molar-refractivity contribution in [2.45, 2.75) is 37.2 Å². The van der Waals surface area contributed by atoms with Gasteiger partial charge in [-0.1, -0.05) is 29.4 Å². The summed E-state index contributed by atoms with van der Waals surface area (Å²) in [7, 11) is 0. The number of benzene rings is 1. The summed E-state index contributed by atoms with van der Waals surface area (Å²) in [6.45, 7) is 5.33. The molecule has 0 N–H and O–H groups in total. The van der Waals surface area contributed by atoms with Crippen LogP contribution in [0.2, 0.25) is 5.02 Å². The highest BCUT2D eigenvalue weighted by Gasteiger charge is 2.28. The normalized spacial score (nSPS) is 14.2. The molecule has 4 heterocycles. The van der Waals surface area contributed by atoms with Crippen LogP contribution in [0.15, 0.2) is 59.3 Å². The molecule has 1 aliphatic heterocycles. The molecule has 3 aromatic heterocycles. The minimum Gasteiger partial charge on any atom is -0.337 e. The van der Waals surface area contributed by atoms with Crippen molar-refractivity contribution in [2.75, 3.05) is 6.54 Å². The number of halogens is 1. The van der Waals surface area contributed by atoms with Crippen molar-refractivity contribution in [2.24, 2.45) is 0 Å². The number of carbonyl (C=O) groups excluding carboxylic acids is 1. The molecule has 0 saturated heterocycles. The van der Waals surface area contributed by atoms with E-state index < -0.39 is 0 Å². The summed E-state index contributed by atoms with van der Waals surface area (Å²) in [4.78, 5) is 20.7. The first-order valence-corrected chi connectivity index (χ1v) is 12.8. The van der Waals surface area contributed by atoms with Gasteiger partial charge in [0, 0.05) is 40.9 Å². The number of thioether (sulfide) groups is 1. The van der Waals surface area contributed by atoms with Crippen LogP contribution in [0.3, 0.4) is 0 Å². The maximum Gasteiger partial charge on any atom is 0.236 e. The third-order valence-corrected chi connectivity index (χ3v) is 8.26. The number of carbonyl (C=O) groups is 1. The van der Waals surface area contributed by atoms with E-state index in [9.17, 15) is 4.79 Å². The lowest BCUT2D eigenvalue weighted by molar-refractivity contribution is -0.131. The van der Waals surface area contributed by atoms with Crippen LogP contribution < -0.4 is 0 Å². The fourth-order valence-electron chi connectivity index (χ4n) is 3.99. The molecule has 6 nitrogen and oxygen atoms in total. The van der Waals surface area contributed by atoms with Gasteiger partial charge in [0.05, 0.1) is 10.9 Å². The van der Waals surface area contributed by atoms with Crippen molar-refractivity contribution in [3.05, 3.63) is 75.2 Å². The summed E-state index contributed by atoms with van der Waals surface area (Å²) in [5.74, 6) is 0.797. The molecular weight excluding hydrogens is 474 g/mol. The molecule has 4 aromatic rings. The van der Waals surface area contributed by atoms with Crippen molar-refractivity contribution in [1.82, 2.24) is 24.6 Å². The van der Waals surface area contributed by atoms with E-state index in [1.807, 2.05) is 53.6 Å². The first-order chi connectivity index (χ1) is 16.0. The summed E-state index contributed by atoms with van der Waals surface area (Å²) in [6.07, 6.45) is 4.38. The van der Waals surface area contributed by atoms with Crippen molar-refractivity contribution in [1.29, 1.82) is 0 Å². The SMILES string of the molecule is Cc1c(Cl)cccc1-n1c(SC(C)C(=O)N2CCc3sccc3C2)nnc1-c1ccncc1. The molecule has 1 unspecified atom stereocenters. The summed E-state index contributed by atoms with van der Waals surface area (Å²) < 4.78 is 1.98. The largest absolute Gasteiger partial charge is 0.337 e. The van der Waals surface area contributed by atoms with Crippen LogP contribution in [0, 0.1) is 6.92 Å². The van der Waals surface area contributed by atoms with Gasteiger partial charge in [0.1, 0.15) is 0 Å². The third-order valence-electron chi connectivity index (χ3n) is 5.80. The van der Waals surface area contributed by atoms with Gasteiger partial charge in [0.15, 0.2) is 11.0 Å². The topological polar surface area (TPSA) is 63.9 Å². The molecule has 1 amide bonds. The van der Waals surface area contributed by atoms with E-state index in [2.05, 4.69) is 26.6 Å². The number of thiophene rings is 1. The number of pyridine rings is 1. The minimum absolute atomic E-state index is 0.111. The number of rotatable bonds is 5. The molecule has 168 valence electrons. The lowest BCUT2D eigenvalue weighted by Gasteiger charge is -2.29. The molecule has 1 aromatic carbocycles. The van der Waals surface area contributed by atoms with Crippen LogP contribution in [0.5, 0.6) is 0 Å². The number of hydrogen-bond acceptors (Lipinski definition) is 6. The highest BCUT2D eigenvalue weighted by Crippen LogP contribution is 2.34. The van der Waals surface area contributed by atoms with E-state index in [1.54, 1.807) is 23.7 Å². The molecule has 0 fully saturated rings. The Morgan fingerprint density at radius 1 is 1.18 bits per heavy atom. The predicted molar refractivity (Wildman–Crippen MR) is 133 cm³/mol. The maximum atomic E-state index is 13.3. The van der Waals surface area contributed by atoms with Gasteiger partial charge in [-0.3, -0.25) is 14.3 Å². The Kier molecular flexibility index (Phi) is 6.23. The predicted octanol–water partition coefficient (Wildman–Crippen LogP) is 5.42. The lowest BCUT2D eigenvalue weighted by Crippen LogP contribution is -2.39. The Balaban J connectivity index is 1.47. The minimum atomic E-state index is -0.307. The van der Waals surface area contributed by atoms with Crippen LogP contribution in [0.4, 0.5) is 0 Å². The molecule has 1 atom stereocenters. The molecule has 0 saturated carbocycles. The zero-order chi connectivity index (χ0) is 22.9. The summed E-state index contributed by atoms with van der Waals surface area (Å²) in [5.41, 5.74) is 3.97. The number of fused-ring (bicyclic) bond motifs is 1.